The van der Waals surface area contributed by atoms with Crippen molar-refractivity contribution in [3.05, 3.63) is 36.2 Å². The van der Waals surface area contributed by atoms with Crippen LogP contribution in [-0.4, -0.2) is 50.5 Å². The molecule has 0 spiro atoms. The molecule has 0 unspecified atom stereocenters. The molecule has 10 heteroatoms. The fourth-order valence-electron chi connectivity index (χ4n) is 2.34. The van der Waals surface area contributed by atoms with E-state index in [0.717, 1.165) is 12.1 Å². The van der Waals surface area contributed by atoms with Crippen LogP contribution in [0.2, 0.25) is 0 Å². The quantitative estimate of drug-likeness (QED) is 0.686. The molecule has 0 bridgehead atoms. The Labute approximate surface area is 155 Å². The van der Waals surface area contributed by atoms with Crippen LogP contribution in [0.1, 0.15) is 5.56 Å². The molecule has 0 atom stereocenters. The minimum Gasteiger partial charge on any atom is -0.393 e. The highest BCUT2D eigenvalue weighted by Gasteiger charge is 2.30. The Balaban J connectivity index is 2.21. The molecule has 2 rings (SSSR count). The minimum absolute atomic E-state index is 0.282. The number of nitrogens with two attached hydrogens (primary N) is 1. The molecule has 2 aromatic rings. The summed E-state index contributed by atoms with van der Waals surface area (Å²) in [5.41, 5.74) is 6.17. The van der Waals surface area contributed by atoms with Gasteiger partial charge in [-0.3, -0.25) is 0 Å². The Morgan fingerprint density at radius 1 is 1.04 bits per heavy atom. The molecule has 1 aromatic carbocycles. The highest BCUT2D eigenvalue weighted by atomic mass is 19.4. The van der Waals surface area contributed by atoms with Gasteiger partial charge in [0.05, 0.1) is 18.8 Å². The van der Waals surface area contributed by atoms with Crippen molar-refractivity contribution < 1.29 is 22.6 Å². The molecule has 0 radical (unpaired) electrons. The number of hydrogen-bond acceptors (Lipinski definition) is 7. The van der Waals surface area contributed by atoms with Gasteiger partial charge >= 0.3 is 6.18 Å². The van der Waals surface area contributed by atoms with E-state index in [4.69, 9.17) is 15.2 Å². The monoisotopic (exact) mass is 385 g/mol. The van der Waals surface area contributed by atoms with Crippen LogP contribution in [0.25, 0.3) is 0 Å². The summed E-state index contributed by atoms with van der Waals surface area (Å²) in [5.74, 6) is 0.799. The number of ether oxygens (including phenoxy) is 2. The van der Waals surface area contributed by atoms with Crippen molar-refractivity contribution in [3.8, 4) is 0 Å². The summed E-state index contributed by atoms with van der Waals surface area (Å²) < 4.78 is 48.2. The molecule has 0 saturated carbocycles. The van der Waals surface area contributed by atoms with Crippen molar-refractivity contribution in [2.45, 2.75) is 6.18 Å². The second kappa shape index (κ2) is 9.38. The highest BCUT2D eigenvalue weighted by Crippen LogP contribution is 2.32. The van der Waals surface area contributed by atoms with Crippen molar-refractivity contribution in [2.24, 2.45) is 0 Å². The number of hydrogen-bond donors (Lipinski definition) is 2. The van der Waals surface area contributed by atoms with Gasteiger partial charge in [0.2, 0.25) is 0 Å². The third kappa shape index (κ3) is 5.69. The Hall–Kier alpha value is -2.59. The van der Waals surface area contributed by atoms with E-state index in [-0.39, 0.29) is 5.69 Å². The number of aromatic nitrogens is 2. The van der Waals surface area contributed by atoms with Gasteiger partial charge in [-0.15, -0.1) is 0 Å². The standard InChI is InChI=1S/C17H22F3N5O2/c1-26-9-7-25(8-10-27-2)16-14(21)15(22-11-23-16)24-13-5-3-12(4-6-13)17(18,19)20/h3-6,11H,7-10,21H2,1-2H3,(H,22,23,24). The summed E-state index contributed by atoms with van der Waals surface area (Å²) in [6, 6.07) is 4.61. The van der Waals surface area contributed by atoms with Gasteiger partial charge in [0.1, 0.15) is 12.0 Å². The number of nitrogen functional groups attached to an aromatic ring is 1. The molecule has 0 amide bonds. The molecule has 0 aliphatic carbocycles. The van der Waals surface area contributed by atoms with E-state index in [1.54, 1.807) is 14.2 Å². The number of alkyl halides is 3. The van der Waals surface area contributed by atoms with Crippen LogP contribution >= 0.6 is 0 Å². The lowest BCUT2D eigenvalue weighted by atomic mass is 10.2. The minimum atomic E-state index is -4.39. The zero-order valence-electron chi connectivity index (χ0n) is 15.1. The zero-order chi connectivity index (χ0) is 19.9. The van der Waals surface area contributed by atoms with E-state index in [0.29, 0.717) is 43.6 Å². The van der Waals surface area contributed by atoms with Gasteiger partial charge in [-0.1, -0.05) is 0 Å². The predicted octanol–water partition coefficient (Wildman–Crippen LogP) is 2.92. The number of benzene rings is 1. The van der Waals surface area contributed by atoms with Gasteiger partial charge in [-0.05, 0) is 24.3 Å². The first kappa shape index (κ1) is 20.7. The number of nitrogens with one attached hydrogen (secondary N) is 1. The maximum atomic E-state index is 12.7. The second-order valence-corrected chi connectivity index (χ2v) is 5.63. The van der Waals surface area contributed by atoms with E-state index in [9.17, 15) is 13.2 Å². The fraction of sp³-hybridized carbons (Fsp3) is 0.412. The van der Waals surface area contributed by atoms with E-state index < -0.39 is 11.7 Å². The van der Waals surface area contributed by atoms with Crippen LogP contribution in [-0.2, 0) is 15.7 Å². The molecule has 1 heterocycles. The summed E-state index contributed by atoms with van der Waals surface area (Å²) in [4.78, 5) is 10.2. The van der Waals surface area contributed by atoms with Crippen LogP contribution in [0, 0.1) is 0 Å². The van der Waals surface area contributed by atoms with Crippen LogP contribution in [0.3, 0.4) is 0 Å². The average molecular weight is 385 g/mol. The van der Waals surface area contributed by atoms with Crippen molar-refractivity contribution in [1.29, 1.82) is 0 Å². The number of anilines is 4. The third-order valence-electron chi connectivity index (χ3n) is 3.77. The lowest BCUT2D eigenvalue weighted by Gasteiger charge is -2.25. The first-order valence-electron chi connectivity index (χ1n) is 8.14. The van der Waals surface area contributed by atoms with Gasteiger partial charge in [-0.25, -0.2) is 9.97 Å². The largest absolute Gasteiger partial charge is 0.416 e. The molecule has 0 aliphatic heterocycles. The number of halogens is 3. The molecule has 7 nitrogen and oxygen atoms in total. The maximum absolute atomic E-state index is 12.7. The zero-order valence-corrected chi connectivity index (χ0v) is 15.1. The lowest BCUT2D eigenvalue weighted by Crippen LogP contribution is -2.32. The SMILES string of the molecule is COCCN(CCOC)c1ncnc(Nc2ccc(C(F)(F)F)cc2)c1N. The maximum Gasteiger partial charge on any atom is 0.416 e. The van der Waals surface area contributed by atoms with E-state index in [1.807, 2.05) is 4.90 Å². The molecule has 148 valence electrons. The summed E-state index contributed by atoms with van der Waals surface area (Å²) >= 11 is 0. The molecular formula is C17H22F3N5O2. The van der Waals surface area contributed by atoms with Gasteiger partial charge in [0.15, 0.2) is 11.6 Å². The third-order valence-corrected chi connectivity index (χ3v) is 3.77. The number of methoxy groups -OCH3 is 2. The first-order valence-corrected chi connectivity index (χ1v) is 8.14. The van der Waals surface area contributed by atoms with Gasteiger partial charge in [-0.2, -0.15) is 13.2 Å². The van der Waals surface area contributed by atoms with Crippen molar-refractivity contribution >= 4 is 23.0 Å². The van der Waals surface area contributed by atoms with Crippen molar-refractivity contribution in [1.82, 2.24) is 9.97 Å². The predicted molar refractivity (Wildman–Crippen MR) is 97.1 cm³/mol. The summed E-state index contributed by atoms with van der Waals surface area (Å²) in [6.07, 6.45) is -3.05. The first-order chi connectivity index (χ1) is 12.9. The molecular weight excluding hydrogens is 363 g/mol. The number of rotatable bonds is 9. The molecule has 0 saturated heterocycles. The van der Waals surface area contributed by atoms with Crippen LogP contribution in [0.5, 0.6) is 0 Å². The van der Waals surface area contributed by atoms with Crippen LogP contribution in [0.4, 0.5) is 36.2 Å². The highest BCUT2D eigenvalue weighted by molar-refractivity contribution is 5.78. The second-order valence-electron chi connectivity index (χ2n) is 5.63. The van der Waals surface area contributed by atoms with Gasteiger partial charge in [0, 0.05) is 33.0 Å². The Bertz CT molecular complexity index is 717. The fourth-order valence-corrected chi connectivity index (χ4v) is 2.34. The molecule has 1 aromatic heterocycles. The molecule has 3 N–H and O–H groups in total. The molecule has 0 fully saturated rings. The topological polar surface area (TPSA) is 85.5 Å². The van der Waals surface area contributed by atoms with E-state index in [2.05, 4.69) is 15.3 Å². The summed E-state index contributed by atoms with van der Waals surface area (Å²) in [7, 11) is 3.19. The Morgan fingerprint density at radius 2 is 1.63 bits per heavy atom. The van der Waals surface area contributed by atoms with Crippen LogP contribution < -0.4 is 16.0 Å². The normalized spacial score (nSPS) is 11.4. The summed E-state index contributed by atoms with van der Waals surface area (Å²) in [6.45, 7) is 2.02. The summed E-state index contributed by atoms with van der Waals surface area (Å²) in [5, 5.41) is 2.93. The van der Waals surface area contributed by atoms with Gasteiger partial charge in [0.25, 0.3) is 0 Å². The Kier molecular flexibility index (Phi) is 7.19. The average Bonchev–Trinajstić information content (AvgIpc) is 2.64. The lowest BCUT2D eigenvalue weighted by molar-refractivity contribution is -0.137. The van der Waals surface area contributed by atoms with Gasteiger partial charge < -0.3 is 25.4 Å². The van der Waals surface area contributed by atoms with Crippen molar-refractivity contribution in [3.63, 3.8) is 0 Å². The molecule has 27 heavy (non-hydrogen) atoms. The molecule has 0 aliphatic rings. The van der Waals surface area contributed by atoms with E-state index >= 15 is 0 Å². The van der Waals surface area contributed by atoms with Crippen molar-refractivity contribution in [2.75, 3.05) is 56.5 Å². The smallest absolute Gasteiger partial charge is 0.393 e. The number of nitrogens with zero attached hydrogens (tertiary/aromatic N) is 3. The van der Waals surface area contributed by atoms with Crippen LogP contribution in [0.15, 0.2) is 30.6 Å². The van der Waals surface area contributed by atoms with E-state index in [1.165, 1.54) is 18.5 Å². The Morgan fingerprint density at radius 3 is 2.15 bits per heavy atom.